The number of hydrogen-bond donors (Lipinski definition) is 1. The number of halogens is 1. The van der Waals surface area contributed by atoms with Crippen molar-refractivity contribution in [2.24, 2.45) is 0 Å². The third kappa shape index (κ3) is 3.52. The summed E-state index contributed by atoms with van der Waals surface area (Å²) in [5, 5.41) is 9.12. The van der Waals surface area contributed by atoms with E-state index < -0.39 is 12.0 Å². The molecule has 1 atom stereocenters. The van der Waals surface area contributed by atoms with Gasteiger partial charge in [0.05, 0.1) is 11.8 Å². The predicted octanol–water partition coefficient (Wildman–Crippen LogP) is 1.32. The molecule has 2 heterocycles. The lowest BCUT2D eigenvalue weighted by Gasteiger charge is -2.37. The molecule has 1 fully saturated rings. The smallest absolute Gasteiger partial charge is 0.320 e. The van der Waals surface area contributed by atoms with Gasteiger partial charge in [-0.15, -0.1) is 12.4 Å². The van der Waals surface area contributed by atoms with Crippen LogP contribution in [0.25, 0.3) is 0 Å². The molecule has 0 aromatic carbocycles. The van der Waals surface area contributed by atoms with E-state index in [9.17, 15) is 9.59 Å². The van der Waals surface area contributed by atoms with Crippen molar-refractivity contribution < 1.29 is 19.1 Å². The van der Waals surface area contributed by atoms with E-state index in [0.717, 1.165) is 0 Å². The number of carbonyl (C=O) groups is 2. The monoisotopic (exact) mass is 302 g/mol. The second-order valence-electron chi connectivity index (χ2n) is 4.60. The summed E-state index contributed by atoms with van der Waals surface area (Å²) >= 11 is 0. The Morgan fingerprint density at radius 1 is 1.35 bits per heavy atom. The van der Waals surface area contributed by atoms with Gasteiger partial charge in [0, 0.05) is 26.2 Å². The Morgan fingerprint density at radius 3 is 2.45 bits per heavy atom. The van der Waals surface area contributed by atoms with Crippen molar-refractivity contribution in [1.29, 1.82) is 0 Å². The first-order chi connectivity index (χ1) is 9.13. The van der Waals surface area contributed by atoms with Gasteiger partial charge in [-0.25, -0.2) is 0 Å². The number of rotatable bonds is 4. The summed E-state index contributed by atoms with van der Waals surface area (Å²) in [6.45, 7) is 4.15. The second-order valence-corrected chi connectivity index (χ2v) is 4.60. The van der Waals surface area contributed by atoms with Crippen LogP contribution in [0.1, 0.15) is 23.7 Å². The number of carboxylic acid groups (broad SMARTS) is 1. The predicted molar refractivity (Wildman–Crippen MR) is 75.1 cm³/mol. The van der Waals surface area contributed by atoms with Crippen molar-refractivity contribution in [2.45, 2.75) is 19.4 Å². The molecule has 20 heavy (non-hydrogen) atoms. The van der Waals surface area contributed by atoms with Crippen LogP contribution in [0.15, 0.2) is 23.0 Å². The van der Waals surface area contributed by atoms with E-state index in [1.807, 2.05) is 11.8 Å². The highest BCUT2D eigenvalue weighted by Gasteiger charge is 2.29. The maximum absolute atomic E-state index is 12.1. The second kappa shape index (κ2) is 7.31. The number of nitrogens with zero attached hydrogens (tertiary/aromatic N) is 2. The summed E-state index contributed by atoms with van der Waals surface area (Å²) in [7, 11) is 0. The molecule has 7 heteroatoms. The van der Waals surface area contributed by atoms with E-state index in [4.69, 9.17) is 9.52 Å². The van der Waals surface area contributed by atoms with Crippen molar-refractivity contribution in [1.82, 2.24) is 9.80 Å². The van der Waals surface area contributed by atoms with Crippen LogP contribution in [0.4, 0.5) is 0 Å². The summed E-state index contributed by atoms with van der Waals surface area (Å²) in [5.41, 5.74) is 0.540. The summed E-state index contributed by atoms with van der Waals surface area (Å²) in [6.07, 6.45) is 3.48. The van der Waals surface area contributed by atoms with E-state index in [1.165, 1.54) is 12.5 Å². The summed E-state index contributed by atoms with van der Waals surface area (Å²) in [6, 6.07) is 1.19. The van der Waals surface area contributed by atoms with E-state index in [-0.39, 0.29) is 18.3 Å². The first-order valence-electron chi connectivity index (χ1n) is 6.41. The van der Waals surface area contributed by atoms with Gasteiger partial charge >= 0.3 is 5.97 Å². The molecule has 0 aliphatic carbocycles. The van der Waals surface area contributed by atoms with Crippen LogP contribution in [-0.4, -0.2) is 59.0 Å². The van der Waals surface area contributed by atoms with E-state index in [2.05, 4.69) is 0 Å². The minimum atomic E-state index is -0.794. The fourth-order valence-electron chi connectivity index (χ4n) is 2.39. The van der Waals surface area contributed by atoms with Gasteiger partial charge in [-0.2, -0.15) is 0 Å². The van der Waals surface area contributed by atoms with Crippen molar-refractivity contribution in [3.8, 4) is 0 Å². The molecule has 112 valence electrons. The van der Waals surface area contributed by atoms with Crippen LogP contribution in [0, 0.1) is 0 Å². The lowest BCUT2D eigenvalue weighted by Crippen LogP contribution is -2.53. The maximum atomic E-state index is 12.1. The molecule has 1 aliphatic heterocycles. The van der Waals surface area contributed by atoms with Crippen molar-refractivity contribution in [3.05, 3.63) is 24.2 Å². The van der Waals surface area contributed by atoms with Crippen LogP contribution in [0.3, 0.4) is 0 Å². The normalized spacial score (nSPS) is 17.4. The Bertz CT molecular complexity index is 441. The first-order valence-corrected chi connectivity index (χ1v) is 6.41. The first kappa shape index (κ1) is 16.5. The Labute approximate surface area is 123 Å². The van der Waals surface area contributed by atoms with Gasteiger partial charge in [0.1, 0.15) is 12.3 Å². The molecule has 0 radical (unpaired) electrons. The third-order valence-electron chi connectivity index (χ3n) is 3.48. The van der Waals surface area contributed by atoms with E-state index >= 15 is 0 Å². The van der Waals surface area contributed by atoms with Gasteiger partial charge in [0.2, 0.25) is 0 Å². The zero-order valence-corrected chi connectivity index (χ0v) is 12.1. The quantitative estimate of drug-likeness (QED) is 0.908. The van der Waals surface area contributed by atoms with E-state index in [0.29, 0.717) is 38.2 Å². The molecule has 1 aromatic heterocycles. The van der Waals surface area contributed by atoms with Crippen LogP contribution in [0.5, 0.6) is 0 Å². The fourth-order valence-corrected chi connectivity index (χ4v) is 2.39. The van der Waals surface area contributed by atoms with Gasteiger partial charge in [-0.05, 0) is 12.5 Å². The molecule has 1 saturated heterocycles. The molecule has 2 rings (SSSR count). The fraction of sp³-hybridized carbons (Fsp3) is 0.538. The molecule has 0 spiro atoms. The largest absolute Gasteiger partial charge is 0.480 e. The Balaban J connectivity index is 0.00000200. The Kier molecular flexibility index (Phi) is 6.04. The van der Waals surface area contributed by atoms with E-state index in [1.54, 1.807) is 11.0 Å². The van der Waals surface area contributed by atoms with Crippen molar-refractivity contribution in [3.63, 3.8) is 0 Å². The highest BCUT2D eigenvalue weighted by Crippen LogP contribution is 2.12. The molecular formula is C13H19ClN2O4. The number of furan rings is 1. The number of piperazine rings is 1. The SMILES string of the molecule is CCC(C(=O)O)N1CCN(C(=O)c2ccoc2)CC1.Cl. The highest BCUT2D eigenvalue weighted by molar-refractivity contribution is 5.93. The van der Waals surface area contributed by atoms with Crippen LogP contribution >= 0.6 is 12.4 Å². The molecule has 0 saturated carbocycles. The highest BCUT2D eigenvalue weighted by atomic mass is 35.5. The summed E-state index contributed by atoms with van der Waals surface area (Å²) in [4.78, 5) is 26.8. The lowest BCUT2D eigenvalue weighted by atomic mass is 10.1. The zero-order chi connectivity index (χ0) is 13.8. The van der Waals surface area contributed by atoms with Crippen LogP contribution in [0.2, 0.25) is 0 Å². The number of hydrogen-bond acceptors (Lipinski definition) is 4. The van der Waals surface area contributed by atoms with Crippen LogP contribution < -0.4 is 0 Å². The minimum Gasteiger partial charge on any atom is -0.480 e. The number of aliphatic carboxylic acids is 1. The Hall–Kier alpha value is -1.53. The molecule has 1 unspecified atom stereocenters. The maximum Gasteiger partial charge on any atom is 0.320 e. The lowest BCUT2D eigenvalue weighted by molar-refractivity contribution is -0.144. The molecule has 6 nitrogen and oxygen atoms in total. The Morgan fingerprint density at radius 2 is 2.00 bits per heavy atom. The number of amides is 1. The van der Waals surface area contributed by atoms with Gasteiger partial charge in [0.15, 0.2) is 0 Å². The average Bonchev–Trinajstić information content (AvgIpc) is 2.93. The number of carboxylic acids is 1. The van der Waals surface area contributed by atoms with Gasteiger partial charge in [-0.1, -0.05) is 6.92 Å². The molecule has 1 amide bonds. The van der Waals surface area contributed by atoms with Crippen LogP contribution in [-0.2, 0) is 4.79 Å². The van der Waals surface area contributed by atoms with Crippen molar-refractivity contribution in [2.75, 3.05) is 26.2 Å². The van der Waals surface area contributed by atoms with Gasteiger partial charge in [-0.3, -0.25) is 14.5 Å². The summed E-state index contributed by atoms with van der Waals surface area (Å²) < 4.78 is 4.90. The molecular weight excluding hydrogens is 284 g/mol. The van der Waals surface area contributed by atoms with Gasteiger partial charge in [0.25, 0.3) is 5.91 Å². The van der Waals surface area contributed by atoms with Crippen molar-refractivity contribution >= 4 is 24.3 Å². The summed E-state index contributed by atoms with van der Waals surface area (Å²) in [5.74, 6) is -0.853. The molecule has 1 aromatic rings. The minimum absolute atomic E-state index is 0. The third-order valence-corrected chi connectivity index (χ3v) is 3.48. The number of carbonyl (C=O) groups excluding carboxylic acids is 1. The standard InChI is InChI=1S/C13H18N2O4.ClH/c1-2-11(13(17)18)14-4-6-15(7-5-14)12(16)10-3-8-19-9-10;/h3,8-9,11H,2,4-7H2,1H3,(H,17,18);1H. The average molecular weight is 303 g/mol. The topological polar surface area (TPSA) is 74.0 Å². The molecule has 1 N–H and O–H groups in total. The van der Waals surface area contributed by atoms with Gasteiger partial charge < -0.3 is 14.4 Å². The molecule has 1 aliphatic rings. The zero-order valence-electron chi connectivity index (χ0n) is 11.3. The molecule has 0 bridgehead atoms.